The molecule has 5 rings (SSSR count). The minimum absolute atomic E-state index is 0.0134. The van der Waals surface area contributed by atoms with Gasteiger partial charge < -0.3 is 9.47 Å². The van der Waals surface area contributed by atoms with Crippen molar-refractivity contribution in [2.45, 2.75) is 25.6 Å². The zero-order valence-electron chi connectivity index (χ0n) is 17.3. The Bertz CT molecular complexity index is 1210. The molecule has 0 amide bonds. The summed E-state index contributed by atoms with van der Waals surface area (Å²) < 4.78 is 11.8. The van der Waals surface area contributed by atoms with Gasteiger partial charge >= 0.3 is 0 Å². The van der Waals surface area contributed by atoms with E-state index in [0.717, 1.165) is 22.6 Å². The first kappa shape index (κ1) is 20.3. The van der Waals surface area contributed by atoms with Crippen molar-refractivity contribution in [2.75, 3.05) is 6.61 Å². The van der Waals surface area contributed by atoms with Crippen LogP contribution in [0, 0.1) is 10.1 Å². The highest BCUT2D eigenvalue weighted by molar-refractivity contribution is 6.30. The Morgan fingerprint density at radius 2 is 2.00 bits per heavy atom. The zero-order chi connectivity index (χ0) is 22.2. The average Bonchev–Trinajstić information content (AvgIpc) is 3.25. The van der Waals surface area contributed by atoms with E-state index in [2.05, 4.69) is 0 Å². The maximum atomic E-state index is 11.3. The molecule has 0 aromatic heterocycles. The van der Waals surface area contributed by atoms with Crippen LogP contribution in [0.3, 0.4) is 0 Å². The fraction of sp³-hybridized carbons (Fsp3) is 0.208. The van der Waals surface area contributed by atoms with E-state index in [0.29, 0.717) is 29.4 Å². The van der Waals surface area contributed by atoms with Crippen molar-refractivity contribution >= 4 is 23.0 Å². The lowest BCUT2D eigenvalue weighted by Gasteiger charge is -2.38. The van der Waals surface area contributed by atoms with E-state index in [-0.39, 0.29) is 11.7 Å². The number of ether oxygens (including phenoxy) is 2. The average molecular weight is 450 g/mol. The number of rotatable bonds is 5. The maximum absolute atomic E-state index is 11.3. The van der Waals surface area contributed by atoms with Crippen LogP contribution in [0.5, 0.6) is 11.5 Å². The van der Waals surface area contributed by atoms with Gasteiger partial charge in [0.15, 0.2) is 0 Å². The molecule has 0 spiro atoms. The van der Waals surface area contributed by atoms with E-state index < -0.39 is 11.2 Å². The number of hydrogen-bond acceptors (Lipinski definition) is 6. The van der Waals surface area contributed by atoms with Gasteiger partial charge in [-0.3, -0.25) is 10.1 Å². The third kappa shape index (κ3) is 3.65. The monoisotopic (exact) mass is 449 g/mol. The van der Waals surface area contributed by atoms with Gasteiger partial charge in [-0.15, -0.1) is 0 Å². The van der Waals surface area contributed by atoms with Crippen molar-refractivity contribution in [1.29, 1.82) is 0 Å². The molecule has 2 aliphatic heterocycles. The molecule has 162 valence electrons. The number of nitro benzene ring substituents is 1. The highest BCUT2D eigenvalue weighted by Crippen LogP contribution is 2.48. The van der Waals surface area contributed by atoms with Gasteiger partial charge in [-0.1, -0.05) is 23.7 Å². The summed E-state index contributed by atoms with van der Waals surface area (Å²) in [6.07, 6.45) is 0.0737. The van der Waals surface area contributed by atoms with Gasteiger partial charge in [-0.25, -0.2) is 5.01 Å². The number of halogens is 1. The number of benzene rings is 3. The summed E-state index contributed by atoms with van der Waals surface area (Å²) in [6.45, 7) is 2.56. The summed E-state index contributed by atoms with van der Waals surface area (Å²) in [6, 6.07) is 19.8. The summed E-state index contributed by atoms with van der Waals surface area (Å²) in [4.78, 5) is 10.9. The van der Waals surface area contributed by atoms with Gasteiger partial charge in [-0.05, 0) is 55.0 Å². The predicted octanol–water partition coefficient (Wildman–Crippen LogP) is 5.89. The predicted molar refractivity (Wildman–Crippen MR) is 121 cm³/mol. The van der Waals surface area contributed by atoms with Crippen molar-refractivity contribution in [3.05, 3.63) is 98.6 Å². The Kier molecular flexibility index (Phi) is 5.19. The first-order chi connectivity index (χ1) is 15.5. The van der Waals surface area contributed by atoms with Crippen LogP contribution < -0.4 is 9.47 Å². The van der Waals surface area contributed by atoms with Crippen molar-refractivity contribution in [1.82, 2.24) is 5.01 Å². The lowest BCUT2D eigenvalue weighted by molar-refractivity contribution is -0.385. The van der Waals surface area contributed by atoms with E-state index in [1.807, 2.05) is 54.4 Å². The topological polar surface area (TPSA) is 77.2 Å². The number of hydrazone groups is 1. The minimum atomic E-state index is -0.589. The molecule has 2 aliphatic rings. The normalized spacial score (nSPS) is 18.9. The van der Waals surface area contributed by atoms with E-state index in [9.17, 15) is 10.1 Å². The molecule has 7 nitrogen and oxygen atoms in total. The first-order valence-electron chi connectivity index (χ1n) is 10.3. The second-order valence-electron chi connectivity index (χ2n) is 7.61. The molecule has 0 saturated carbocycles. The number of fused-ring (bicyclic) bond motifs is 3. The standard InChI is InChI=1S/C24H20ClN3O4/c1-2-31-19-9-6-15(7-10-19)21-14-22-20-13-17(25)8-11-23(20)32-24(27(22)26-21)16-4-3-5-18(12-16)28(29)30/h3-13,22,24H,2,14H2,1H3/t22-,24+/m1/s1. The highest BCUT2D eigenvalue weighted by atomic mass is 35.5. The smallest absolute Gasteiger partial charge is 0.269 e. The van der Waals surface area contributed by atoms with E-state index in [4.69, 9.17) is 26.2 Å². The zero-order valence-corrected chi connectivity index (χ0v) is 18.0. The Morgan fingerprint density at radius 3 is 2.75 bits per heavy atom. The molecule has 32 heavy (non-hydrogen) atoms. The van der Waals surface area contributed by atoms with Crippen molar-refractivity contribution < 1.29 is 14.4 Å². The van der Waals surface area contributed by atoms with E-state index >= 15 is 0 Å². The van der Waals surface area contributed by atoms with Crippen molar-refractivity contribution in [3.63, 3.8) is 0 Å². The Labute approximate surface area is 190 Å². The third-order valence-electron chi connectivity index (χ3n) is 5.62. The van der Waals surface area contributed by atoms with E-state index in [1.165, 1.54) is 12.1 Å². The highest BCUT2D eigenvalue weighted by Gasteiger charge is 2.41. The molecule has 2 heterocycles. The Hall–Kier alpha value is -3.58. The fourth-order valence-corrected chi connectivity index (χ4v) is 4.34. The van der Waals surface area contributed by atoms with Crippen LogP contribution in [-0.4, -0.2) is 22.3 Å². The maximum Gasteiger partial charge on any atom is 0.269 e. The molecule has 0 saturated heterocycles. The lowest BCUT2D eigenvalue weighted by Crippen LogP contribution is -2.33. The minimum Gasteiger partial charge on any atom is -0.494 e. The second kappa shape index (κ2) is 8.16. The molecule has 0 unspecified atom stereocenters. The van der Waals surface area contributed by atoms with Crippen LogP contribution >= 0.6 is 11.6 Å². The molecule has 3 aromatic rings. The molecule has 8 heteroatoms. The van der Waals surface area contributed by atoms with Gasteiger partial charge in [-0.2, -0.15) is 5.10 Å². The van der Waals surface area contributed by atoms with Crippen LogP contribution in [0.1, 0.15) is 42.3 Å². The molecule has 0 radical (unpaired) electrons. The molecule has 3 aromatic carbocycles. The van der Waals surface area contributed by atoms with Gasteiger partial charge in [0.1, 0.15) is 11.5 Å². The fourth-order valence-electron chi connectivity index (χ4n) is 4.15. The summed E-state index contributed by atoms with van der Waals surface area (Å²) in [5.41, 5.74) is 3.53. The Morgan fingerprint density at radius 1 is 1.19 bits per heavy atom. The Balaban J connectivity index is 1.56. The summed E-state index contributed by atoms with van der Waals surface area (Å²) in [5.74, 6) is 1.51. The molecule has 0 aliphatic carbocycles. The van der Waals surface area contributed by atoms with Crippen molar-refractivity contribution in [3.8, 4) is 11.5 Å². The van der Waals surface area contributed by atoms with Gasteiger partial charge in [0.25, 0.3) is 5.69 Å². The van der Waals surface area contributed by atoms with Gasteiger partial charge in [0.2, 0.25) is 6.23 Å². The quantitative estimate of drug-likeness (QED) is 0.358. The summed E-state index contributed by atoms with van der Waals surface area (Å²) in [7, 11) is 0. The molecular formula is C24H20ClN3O4. The number of non-ortho nitro benzene ring substituents is 1. The first-order valence-corrected chi connectivity index (χ1v) is 10.7. The summed E-state index contributed by atoms with van der Waals surface area (Å²) in [5, 5.41) is 18.7. The molecular weight excluding hydrogens is 430 g/mol. The molecule has 0 bridgehead atoms. The number of nitro groups is 1. The SMILES string of the molecule is CCOc1ccc(C2=NN3[C@H](C2)c2cc(Cl)ccc2O[C@H]3c2cccc([N+](=O)[O-])c2)cc1. The number of hydrogen-bond donors (Lipinski definition) is 0. The second-order valence-corrected chi connectivity index (χ2v) is 8.04. The van der Waals surface area contributed by atoms with Crippen LogP contribution in [0.2, 0.25) is 5.02 Å². The van der Waals surface area contributed by atoms with Crippen molar-refractivity contribution in [2.24, 2.45) is 5.10 Å². The van der Waals surface area contributed by atoms with Crippen LogP contribution in [0.15, 0.2) is 71.8 Å². The molecule has 0 N–H and O–H groups in total. The lowest BCUT2D eigenvalue weighted by atomic mass is 9.96. The van der Waals surface area contributed by atoms with E-state index in [1.54, 1.807) is 12.1 Å². The van der Waals surface area contributed by atoms with Crippen LogP contribution in [0.25, 0.3) is 0 Å². The van der Waals surface area contributed by atoms with Crippen LogP contribution in [-0.2, 0) is 0 Å². The largest absolute Gasteiger partial charge is 0.494 e. The summed E-state index contributed by atoms with van der Waals surface area (Å²) >= 11 is 6.28. The van der Waals surface area contributed by atoms with Gasteiger partial charge in [0, 0.05) is 34.7 Å². The van der Waals surface area contributed by atoms with Crippen LogP contribution in [0.4, 0.5) is 5.69 Å². The molecule has 2 atom stereocenters. The molecule has 0 fully saturated rings. The van der Waals surface area contributed by atoms with Gasteiger partial charge in [0.05, 0.1) is 23.3 Å². The third-order valence-corrected chi connectivity index (χ3v) is 5.85. The number of nitrogens with zero attached hydrogens (tertiary/aromatic N) is 3.